The molecule has 8 heteroatoms. The number of halogens is 1. The zero-order valence-electron chi connectivity index (χ0n) is 13.5. The first-order chi connectivity index (χ1) is 11.8. The molecule has 1 aromatic heterocycles. The fourth-order valence-electron chi connectivity index (χ4n) is 2.65. The highest BCUT2D eigenvalue weighted by molar-refractivity contribution is 7.18. The highest BCUT2D eigenvalue weighted by atomic mass is 35.5. The van der Waals surface area contributed by atoms with Gasteiger partial charge in [-0.1, -0.05) is 23.7 Å². The molecule has 25 heavy (non-hydrogen) atoms. The number of thiophene rings is 1. The monoisotopic (exact) mass is 378 g/mol. The molecular formula is C17H15ClN2O4S. The number of benzene rings is 1. The molecule has 1 aliphatic rings. The van der Waals surface area contributed by atoms with Gasteiger partial charge in [0, 0.05) is 0 Å². The zero-order chi connectivity index (χ0) is 18.2. The number of Topliss-reactive ketones (excluding diaryl/α,β-unsaturated/α-hetero) is 1. The summed E-state index contributed by atoms with van der Waals surface area (Å²) >= 11 is 6.94. The van der Waals surface area contributed by atoms with Gasteiger partial charge in [-0.05, 0) is 36.8 Å². The van der Waals surface area contributed by atoms with Crippen molar-refractivity contribution >= 4 is 40.7 Å². The van der Waals surface area contributed by atoms with Gasteiger partial charge >= 0.3 is 6.03 Å². The molecule has 0 radical (unpaired) electrons. The Hall–Kier alpha value is -2.38. The minimum absolute atomic E-state index is 0.326. The number of rotatable bonds is 5. The largest absolute Gasteiger partial charge is 0.497 e. The minimum atomic E-state index is -1.23. The number of amides is 3. The van der Waals surface area contributed by atoms with Gasteiger partial charge in [-0.2, -0.15) is 0 Å². The summed E-state index contributed by atoms with van der Waals surface area (Å²) < 4.78 is 5.58. The number of imide groups is 1. The highest BCUT2D eigenvalue weighted by Crippen LogP contribution is 2.30. The van der Waals surface area contributed by atoms with Gasteiger partial charge in [0.05, 0.1) is 22.9 Å². The molecule has 0 bridgehead atoms. The van der Waals surface area contributed by atoms with E-state index in [1.165, 1.54) is 0 Å². The quantitative estimate of drug-likeness (QED) is 0.641. The van der Waals surface area contributed by atoms with E-state index in [-0.39, 0.29) is 12.3 Å². The zero-order valence-corrected chi connectivity index (χ0v) is 15.1. The van der Waals surface area contributed by atoms with Crippen LogP contribution < -0.4 is 10.1 Å². The van der Waals surface area contributed by atoms with Gasteiger partial charge in [-0.3, -0.25) is 14.5 Å². The Bertz CT molecular complexity index is 849. The van der Waals surface area contributed by atoms with Crippen molar-refractivity contribution in [1.29, 1.82) is 0 Å². The van der Waals surface area contributed by atoms with Gasteiger partial charge in [0.1, 0.15) is 11.3 Å². The van der Waals surface area contributed by atoms with Crippen LogP contribution in [0.4, 0.5) is 4.79 Å². The van der Waals surface area contributed by atoms with Crippen LogP contribution in [0, 0.1) is 0 Å². The summed E-state index contributed by atoms with van der Waals surface area (Å²) in [6.45, 7) is 1.29. The van der Waals surface area contributed by atoms with E-state index in [0.29, 0.717) is 20.5 Å². The Morgan fingerprint density at radius 3 is 2.48 bits per heavy atom. The molecular weight excluding hydrogens is 364 g/mol. The number of carbonyl (C=O) groups is 3. The molecule has 1 aromatic carbocycles. The number of methoxy groups -OCH3 is 1. The summed E-state index contributed by atoms with van der Waals surface area (Å²) in [5.74, 6) is -0.163. The Morgan fingerprint density at radius 1 is 1.24 bits per heavy atom. The molecule has 1 aliphatic heterocycles. The van der Waals surface area contributed by atoms with Crippen LogP contribution in [-0.4, -0.2) is 36.3 Å². The Kier molecular flexibility index (Phi) is 4.53. The van der Waals surface area contributed by atoms with Gasteiger partial charge in [-0.25, -0.2) is 4.79 Å². The minimum Gasteiger partial charge on any atom is -0.497 e. The molecule has 6 nitrogen and oxygen atoms in total. The Labute approximate surface area is 153 Å². The number of ether oxygens (including phenoxy) is 1. The van der Waals surface area contributed by atoms with Crippen LogP contribution in [0.25, 0.3) is 0 Å². The van der Waals surface area contributed by atoms with Crippen molar-refractivity contribution in [3.05, 3.63) is 51.2 Å². The first kappa shape index (κ1) is 17.4. The van der Waals surface area contributed by atoms with Gasteiger partial charge in [-0.15, -0.1) is 11.3 Å². The third kappa shape index (κ3) is 3.12. The lowest BCUT2D eigenvalue weighted by atomic mass is 9.92. The number of nitrogens with one attached hydrogen (secondary N) is 1. The van der Waals surface area contributed by atoms with E-state index >= 15 is 0 Å². The van der Waals surface area contributed by atoms with E-state index in [9.17, 15) is 14.4 Å². The molecule has 3 amide bonds. The van der Waals surface area contributed by atoms with Gasteiger partial charge in [0.2, 0.25) is 0 Å². The van der Waals surface area contributed by atoms with Crippen LogP contribution in [0.15, 0.2) is 36.4 Å². The maximum atomic E-state index is 12.8. The second-order valence-corrected chi connectivity index (χ2v) is 7.42. The highest BCUT2D eigenvalue weighted by Gasteiger charge is 2.49. The van der Waals surface area contributed by atoms with E-state index in [2.05, 4.69) is 5.32 Å². The van der Waals surface area contributed by atoms with Gasteiger partial charge in [0.25, 0.3) is 5.91 Å². The van der Waals surface area contributed by atoms with E-state index in [1.807, 2.05) is 0 Å². The predicted octanol–water partition coefficient (Wildman–Crippen LogP) is 3.06. The average molecular weight is 379 g/mol. The number of urea groups is 1. The second kappa shape index (κ2) is 6.50. The van der Waals surface area contributed by atoms with E-state index in [0.717, 1.165) is 16.2 Å². The SMILES string of the molecule is COc1ccc([C@@]2(C)NC(=O)N(CC(=O)c3ccc(Cl)s3)C2=O)cc1. The maximum Gasteiger partial charge on any atom is 0.325 e. The third-order valence-corrected chi connectivity index (χ3v) is 5.36. The lowest BCUT2D eigenvalue weighted by Crippen LogP contribution is -2.41. The summed E-state index contributed by atoms with van der Waals surface area (Å²) in [6, 6.07) is 9.42. The summed E-state index contributed by atoms with van der Waals surface area (Å²) in [4.78, 5) is 38.7. The van der Waals surface area contributed by atoms with Crippen molar-refractivity contribution in [3.8, 4) is 5.75 Å². The normalized spacial score (nSPS) is 19.9. The molecule has 0 aliphatic carbocycles. The predicted molar refractivity (Wildman–Crippen MR) is 94.3 cm³/mol. The summed E-state index contributed by atoms with van der Waals surface area (Å²) in [5, 5.41) is 2.67. The number of hydrogen-bond acceptors (Lipinski definition) is 5. The lowest BCUT2D eigenvalue weighted by Gasteiger charge is -2.22. The average Bonchev–Trinajstić information content (AvgIpc) is 3.13. The first-order valence-corrected chi connectivity index (χ1v) is 8.62. The molecule has 2 heterocycles. The maximum absolute atomic E-state index is 12.8. The number of ketones is 1. The molecule has 0 unspecified atom stereocenters. The molecule has 1 atom stereocenters. The Morgan fingerprint density at radius 2 is 1.92 bits per heavy atom. The third-order valence-electron chi connectivity index (χ3n) is 4.09. The molecule has 1 N–H and O–H groups in total. The van der Waals surface area contributed by atoms with Crippen LogP contribution in [0.1, 0.15) is 22.2 Å². The molecule has 0 spiro atoms. The smallest absolute Gasteiger partial charge is 0.325 e. The van der Waals surface area contributed by atoms with Crippen molar-refractivity contribution in [1.82, 2.24) is 10.2 Å². The van der Waals surface area contributed by atoms with Crippen LogP contribution >= 0.6 is 22.9 Å². The summed E-state index contributed by atoms with van der Waals surface area (Å²) in [5.41, 5.74) is -0.614. The van der Waals surface area contributed by atoms with Crippen molar-refractivity contribution < 1.29 is 19.1 Å². The number of nitrogens with zero attached hydrogens (tertiary/aromatic N) is 1. The second-order valence-electron chi connectivity index (χ2n) is 5.70. The topological polar surface area (TPSA) is 75.7 Å². The van der Waals surface area contributed by atoms with Gasteiger partial charge in [0.15, 0.2) is 5.78 Å². The fraction of sp³-hybridized carbons (Fsp3) is 0.235. The van der Waals surface area contributed by atoms with Crippen molar-refractivity contribution in [2.24, 2.45) is 0 Å². The van der Waals surface area contributed by atoms with Crippen LogP contribution in [0.3, 0.4) is 0 Å². The molecule has 2 aromatic rings. The summed E-state index contributed by atoms with van der Waals surface area (Å²) in [7, 11) is 1.55. The molecule has 130 valence electrons. The van der Waals surface area contributed by atoms with E-state index in [4.69, 9.17) is 16.3 Å². The fourth-order valence-corrected chi connectivity index (χ4v) is 3.62. The molecule has 3 rings (SSSR count). The lowest BCUT2D eigenvalue weighted by molar-refractivity contribution is -0.130. The van der Waals surface area contributed by atoms with Crippen molar-refractivity contribution in [2.45, 2.75) is 12.5 Å². The van der Waals surface area contributed by atoms with Crippen molar-refractivity contribution in [2.75, 3.05) is 13.7 Å². The number of hydrogen-bond donors (Lipinski definition) is 1. The molecule has 0 saturated carbocycles. The number of carbonyl (C=O) groups excluding carboxylic acids is 3. The van der Waals surface area contributed by atoms with Crippen LogP contribution in [-0.2, 0) is 10.3 Å². The van der Waals surface area contributed by atoms with Crippen LogP contribution in [0.2, 0.25) is 4.34 Å². The van der Waals surface area contributed by atoms with E-state index < -0.39 is 17.5 Å². The van der Waals surface area contributed by atoms with Crippen LogP contribution in [0.5, 0.6) is 5.75 Å². The summed E-state index contributed by atoms with van der Waals surface area (Å²) in [6.07, 6.45) is 0. The molecule has 1 saturated heterocycles. The standard InChI is InChI=1S/C17H15ClN2O4S/c1-17(10-3-5-11(24-2)6-4-10)15(22)20(16(23)19-17)9-12(21)13-7-8-14(18)25-13/h3-8H,9H2,1-2H3,(H,19,23)/t17-/m1/s1. The van der Waals surface area contributed by atoms with Gasteiger partial charge < -0.3 is 10.1 Å². The van der Waals surface area contributed by atoms with E-state index in [1.54, 1.807) is 50.4 Å². The molecule has 1 fully saturated rings. The Balaban J connectivity index is 1.82. The first-order valence-electron chi connectivity index (χ1n) is 7.42. The van der Waals surface area contributed by atoms with Crippen molar-refractivity contribution in [3.63, 3.8) is 0 Å².